The largest absolute Gasteiger partial charge is 0.383 e. The number of hydrogen-bond donors (Lipinski definition) is 3. The molecular weight excluding hydrogens is 398 g/mol. The molecular formula is C18H28BrN5O2. The second-order valence-corrected chi connectivity index (χ2v) is 6.92. The second kappa shape index (κ2) is 11.0. The fourth-order valence-electron chi connectivity index (χ4n) is 2.82. The van der Waals surface area contributed by atoms with Gasteiger partial charge in [-0.1, -0.05) is 12.1 Å². The monoisotopic (exact) mass is 425 g/mol. The van der Waals surface area contributed by atoms with Crippen LogP contribution >= 0.6 is 15.9 Å². The molecule has 1 aromatic carbocycles. The van der Waals surface area contributed by atoms with Crippen LogP contribution in [0.4, 0.5) is 5.69 Å². The first-order valence-corrected chi connectivity index (χ1v) is 9.73. The Kier molecular flexibility index (Phi) is 8.70. The first-order valence-electron chi connectivity index (χ1n) is 8.94. The summed E-state index contributed by atoms with van der Waals surface area (Å²) in [4.78, 5) is 18.5. The van der Waals surface area contributed by atoms with Gasteiger partial charge in [0.2, 0.25) is 5.91 Å². The lowest BCUT2D eigenvalue weighted by molar-refractivity contribution is -0.119. The Morgan fingerprint density at radius 2 is 2.19 bits per heavy atom. The number of carbonyl (C=O) groups excluding carboxylic acids is 1. The molecule has 0 aromatic heterocycles. The Balaban J connectivity index is 1.86. The molecule has 1 saturated heterocycles. The predicted octanol–water partition coefficient (Wildman–Crippen LogP) is 1.35. The van der Waals surface area contributed by atoms with Crippen molar-refractivity contribution >= 4 is 33.5 Å². The van der Waals surface area contributed by atoms with Crippen LogP contribution in [0, 0.1) is 0 Å². The number of nitrogens with one attached hydrogen (secondary N) is 3. The van der Waals surface area contributed by atoms with Crippen LogP contribution in [0.1, 0.15) is 13.3 Å². The Morgan fingerprint density at radius 1 is 1.38 bits per heavy atom. The van der Waals surface area contributed by atoms with Crippen molar-refractivity contribution in [2.24, 2.45) is 4.99 Å². The predicted molar refractivity (Wildman–Crippen MR) is 109 cm³/mol. The first-order chi connectivity index (χ1) is 12.6. The van der Waals surface area contributed by atoms with Crippen molar-refractivity contribution in [2.45, 2.75) is 19.4 Å². The third kappa shape index (κ3) is 6.49. The molecule has 1 unspecified atom stereocenters. The van der Waals surface area contributed by atoms with Crippen molar-refractivity contribution in [1.82, 2.24) is 16.0 Å². The molecule has 1 aliphatic heterocycles. The lowest BCUT2D eigenvalue weighted by Crippen LogP contribution is -2.45. The van der Waals surface area contributed by atoms with Gasteiger partial charge in [0.1, 0.15) is 6.54 Å². The average Bonchev–Trinajstić information content (AvgIpc) is 3.09. The van der Waals surface area contributed by atoms with Gasteiger partial charge in [-0.2, -0.15) is 0 Å². The topological polar surface area (TPSA) is 78.0 Å². The van der Waals surface area contributed by atoms with Gasteiger partial charge in [0.15, 0.2) is 5.96 Å². The number of carbonyl (C=O) groups is 1. The van der Waals surface area contributed by atoms with Gasteiger partial charge < -0.3 is 25.6 Å². The van der Waals surface area contributed by atoms with Crippen LogP contribution < -0.4 is 20.9 Å². The highest BCUT2D eigenvalue weighted by atomic mass is 79.9. The number of anilines is 1. The highest BCUT2D eigenvalue weighted by molar-refractivity contribution is 9.10. The zero-order chi connectivity index (χ0) is 18.8. The number of amides is 1. The zero-order valence-corrected chi connectivity index (χ0v) is 17.0. The molecule has 1 fully saturated rings. The highest BCUT2D eigenvalue weighted by Gasteiger charge is 2.24. The van der Waals surface area contributed by atoms with Gasteiger partial charge in [-0.25, -0.2) is 4.99 Å². The molecule has 1 atom stereocenters. The maximum atomic E-state index is 11.8. The summed E-state index contributed by atoms with van der Waals surface area (Å²) < 4.78 is 6.02. The number of guanidine groups is 1. The van der Waals surface area contributed by atoms with Gasteiger partial charge in [-0.3, -0.25) is 4.79 Å². The summed E-state index contributed by atoms with van der Waals surface area (Å²) in [5.41, 5.74) is 1.20. The first kappa shape index (κ1) is 20.5. The van der Waals surface area contributed by atoms with Crippen molar-refractivity contribution in [2.75, 3.05) is 51.3 Å². The summed E-state index contributed by atoms with van der Waals surface area (Å²) >= 11 is 3.62. The maximum Gasteiger partial charge on any atom is 0.241 e. The van der Waals surface area contributed by atoms with E-state index in [-0.39, 0.29) is 18.5 Å². The summed E-state index contributed by atoms with van der Waals surface area (Å²) in [6.07, 6.45) is 1.02. The number of rotatable bonds is 8. The van der Waals surface area contributed by atoms with E-state index in [1.165, 1.54) is 5.69 Å². The molecule has 1 aliphatic rings. The van der Waals surface area contributed by atoms with Crippen LogP contribution in [-0.2, 0) is 9.53 Å². The Morgan fingerprint density at radius 3 is 2.92 bits per heavy atom. The number of halogens is 1. The molecule has 0 saturated carbocycles. The van der Waals surface area contributed by atoms with Crippen molar-refractivity contribution in [3.05, 3.63) is 28.7 Å². The molecule has 0 aliphatic carbocycles. The van der Waals surface area contributed by atoms with E-state index in [2.05, 4.69) is 60.0 Å². The Labute approximate surface area is 163 Å². The normalized spacial score (nSPS) is 17.3. The summed E-state index contributed by atoms with van der Waals surface area (Å²) in [5, 5.41) is 9.41. The van der Waals surface area contributed by atoms with E-state index in [1.807, 2.05) is 13.0 Å². The fourth-order valence-corrected chi connectivity index (χ4v) is 3.35. The quantitative estimate of drug-likeness (QED) is 0.332. The van der Waals surface area contributed by atoms with Crippen molar-refractivity contribution in [3.63, 3.8) is 0 Å². The molecule has 0 bridgehead atoms. The number of methoxy groups -OCH3 is 1. The van der Waals surface area contributed by atoms with Crippen LogP contribution in [0.15, 0.2) is 33.7 Å². The molecule has 8 heteroatoms. The highest BCUT2D eigenvalue weighted by Crippen LogP contribution is 2.28. The second-order valence-electron chi connectivity index (χ2n) is 6.07. The molecule has 0 spiro atoms. The van der Waals surface area contributed by atoms with Crippen molar-refractivity contribution in [3.8, 4) is 0 Å². The Bertz CT molecular complexity index is 611. The van der Waals surface area contributed by atoms with E-state index in [4.69, 9.17) is 4.74 Å². The molecule has 7 nitrogen and oxygen atoms in total. The van der Waals surface area contributed by atoms with Crippen LogP contribution in [0.3, 0.4) is 0 Å². The molecule has 1 heterocycles. The van der Waals surface area contributed by atoms with E-state index >= 15 is 0 Å². The van der Waals surface area contributed by atoms with Gasteiger partial charge in [0.05, 0.1) is 12.3 Å². The lowest BCUT2D eigenvalue weighted by atomic mass is 10.3. The molecule has 0 radical (unpaired) electrons. The number of ether oxygens (including phenoxy) is 1. The lowest BCUT2D eigenvalue weighted by Gasteiger charge is -2.21. The van der Waals surface area contributed by atoms with Gasteiger partial charge in [-0.05, 0) is 41.4 Å². The Hall–Kier alpha value is -1.80. The molecule has 1 aromatic rings. The summed E-state index contributed by atoms with van der Waals surface area (Å²) in [6, 6.07) is 8.54. The number of benzene rings is 1. The van der Waals surface area contributed by atoms with Gasteiger partial charge >= 0.3 is 0 Å². The van der Waals surface area contributed by atoms with Crippen LogP contribution in [0.5, 0.6) is 0 Å². The van der Waals surface area contributed by atoms with E-state index in [9.17, 15) is 4.79 Å². The minimum atomic E-state index is -0.111. The standard InChI is InChI=1S/C18H28BrN5O2/c1-3-20-18(22-12-17(25)21-9-11-26-2)23-14-8-10-24(13-14)16-7-5-4-6-15(16)19/h4-7,14H,3,8-13H2,1-2H3,(H,21,25)(H2,20,22,23). The summed E-state index contributed by atoms with van der Waals surface area (Å²) in [7, 11) is 1.61. The van der Waals surface area contributed by atoms with Crippen LogP contribution in [-0.4, -0.2) is 64.3 Å². The summed E-state index contributed by atoms with van der Waals surface area (Å²) in [6.45, 7) is 5.73. The van der Waals surface area contributed by atoms with E-state index in [1.54, 1.807) is 7.11 Å². The zero-order valence-electron chi connectivity index (χ0n) is 15.4. The van der Waals surface area contributed by atoms with Gasteiger partial charge in [0, 0.05) is 43.8 Å². The van der Waals surface area contributed by atoms with Crippen molar-refractivity contribution in [1.29, 1.82) is 0 Å². The van der Waals surface area contributed by atoms with Crippen molar-refractivity contribution < 1.29 is 9.53 Å². The van der Waals surface area contributed by atoms with Crippen LogP contribution in [0.25, 0.3) is 0 Å². The third-order valence-electron chi connectivity index (χ3n) is 4.08. The van der Waals surface area contributed by atoms with Gasteiger partial charge in [-0.15, -0.1) is 0 Å². The molecule has 2 rings (SSSR count). The number of hydrogen-bond acceptors (Lipinski definition) is 4. The number of aliphatic imine (C=N–C) groups is 1. The third-order valence-corrected chi connectivity index (χ3v) is 4.75. The average molecular weight is 426 g/mol. The number of para-hydroxylation sites is 1. The van der Waals surface area contributed by atoms with E-state index < -0.39 is 0 Å². The smallest absolute Gasteiger partial charge is 0.241 e. The minimum Gasteiger partial charge on any atom is -0.383 e. The SMILES string of the molecule is CCNC(=NCC(=O)NCCOC)NC1CCN(c2ccccc2Br)C1. The molecule has 1 amide bonds. The fraction of sp³-hybridized carbons (Fsp3) is 0.556. The van der Waals surface area contributed by atoms with E-state index in [0.29, 0.717) is 19.1 Å². The van der Waals surface area contributed by atoms with Gasteiger partial charge in [0.25, 0.3) is 0 Å². The minimum absolute atomic E-state index is 0.0969. The summed E-state index contributed by atoms with van der Waals surface area (Å²) in [5.74, 6) is 0.564. The molecule has 144 valence electrons. The molecule has 26 heavy (non-hydrogen) atoms. The van der Waals surface area contributed by atoms with Crippen LogP contribution in [0.2, 0.25) is 0 Å². The van der Waals surface area contributed by atoms with E-state index in [0.717, 1.165) is 30.5 Å². The molecule has 3 N–H and O–H groups in total. The maximum absolute atomic E-state index is 11.8. The number of nitrogens with zero attached hydrogens (tertiary/aromatic N) is 2.